The van der Waals surface area contributed by atoms with E-state index in [9.17, 15) is 4.79 Å². The molecule has 0 bridgehead atoms. The Morgan fingerprint density at radius 3 is 2.94 bits per heavy atom. The predicted molar refractivity (Wildman–Crippen MR) is 72.0 cm³/mol. The molecule has 0 atom stereocenters. The summed E-state index contributed by atoms with van der Waals surface area (Å²) >= 11 is 3.46. The van der Waals surface area contributed by atoms with Gasteiger partial charge in [0.15, 0.2) is 0 Å². The average Bonchev–Trinajstić information content (AvgIpc) is 2.78. The van der Waals surface area contributed by atoms with Gasteiger partial charge in [0.05, 0.1) is 6.42 Å². The monoisotopic (exact) mass is 308 g/mol. The molecule has 1 aromatic heterocycles. The fourth-order valence-corrected chi connectivity index (χ4v) is 2.00. The first kappa shape index (κ1) is 12.8. The Morgan fingerprint density at radius 2 is 2.28 bits per heavy atom. The number of aliphatic carboxylic acids is 1. The van der Waals surface area contributed by atoms with E-state index in [0.29, 0.717) is 6.42 Å². The number of imidazole rings is 1. The lowest BCUT2D eigenvalue weighted by molar-refractivity contribution is -0.137. The van der Waals surface area contributed by atoms with Gasteiger partial charge in [0.1, 0.15) is 5.82 Å². The van der Waals surface area contributed by atoms with Gasteiger partial charge in [-0.1, -0.05) is 15.9 Å². The first-order valence-corrected chi connectivity index (χ1v) is 6.38. The van der Waals surface area contributed by atoms with Crippen LogP contribution in [0.3, 0.4) is 0 Å². The fraction of sp³-hybridized carbons (Fsp3) is 0.231. The maximum Gasteiger partial charge on any atom is 0.303 e. The Hall–Kier alpha value is -1.62. The third-order valence-corrected chi connectivity index (χ3v) is 3.59. The number of halogens is 1. The van der Waals surface area contributed by atoms with Crippen molar-refractivity contribution >= 4 is 21.9 Å². The molecule has 0 aliphatic heterocycles. The number of hydrogen-bond donors (Lipinski definition) is 1. The predicted octanol–water partition coefficient (Wildman–Crippen LogP) is 2.96. The Morgan fingerprint density at radius 1 is 1.50 bits per heavy atom. The Kier molecular flexibility index (Phi) is 3.81. The Balaban J connectivity index is 2.30. The lowest BCUT2D eigenvalue weighted by Gasteiger charge is -2.09. The zero-order valence-corrected chi connectivity index (χ0v) is 11.5. The standard InChI is InChI=1S/C13H13BrN2O2/c1-9-8-10(2-3-11(9)14)16-7-6-15-12(16)4-5-13(17)18/h2-3,6-8H,4-5H2,1H3,(H,17,18). The van der Waals surface area contributed by atoms with Gasteiger partial charge in [0, 0.05) is 29.0 Å². The van der Waals surface area contributed by atoms with Crippen molar-refractivity contribution in [3.8, 4) is 5.69 Å². The number of carbonyl (C=O) groups is 1. The summed E-state index contributed by atoms with van der Waals surface area (Å²) < 4.78 is 2.97. The molecule has 94 valence electrons. The molecule has 4 nitrogen and oxygen atoms in total. The molecule has 1 aromatic carbocycles. The maximum absolute atomic E-state index is 10.6. The number of rotatable bonds is 4. The van der Waals surface area contributed by atoms with Gasteiger partial charge >= 0.3 is 5.97 Å². The summed E-state index contributed by atoms with van der Waals surface area (Å²) in [6, 6.07) is 5.99. The van der Waals surface area contributed by atoms with Gasteiger partial charge in [-0.2, -0.15) is 0 Å². The van der Waals surface area contributed by atoms with Crippen LogP contribution in [0.4, 0.5) is 0 Å². The molecule has 0 saturated heterocycles. The second-order valence-corrected chi connectivity index (χ2v) is 4.90. The lowest BCUT2D eigenvalue weighted by Crippen LogP contribution is -2.04. The van der Waals surface area contributed by atoms with Crippen molar-refractivity contribution in [2.75, 3.05) is 0 Å². The molecular formula is C13H13BrN2O2. The van der Waals surface area contributed by atoms with Crippen molar-refractivity contribution in [1.29, 1.82) is 0 Å². The first-order valence-electron chi connectivity index (χ1n) is 5.58. The highest BCUT2D eigenvalue weighted by molar-refractivity contribution is 9.10. The van der Waals surface area contributed by atoms with Gasteiger partial charge in [-0.3, -0.25) is 4.79 Å². The van der Waals surface area contributed by atoms with Crippen LogP contribution in [0.5, 0.6) is 0 Å². The van der Waals surface area contributed by atoms with Gasteiger partial charge in [-0.25, -0.2) is 4.98 Å². The molecule has 1 heterocycles. The number of hydrogen-bond acceptors (Lipinski definition) is 2. The summed E-state index contributed by atoms with van der Waals surface area (Å²) in [6.45, 7) is 2.02. The number of carboxylic acids is 1. The highest BCUT2D eigenvalue weighted by atomic mass is 79.9. The van der Waals surface area contributed by atoms with Crippen LogP contribution in [-0.4, -0.2) is 20.6 Å². The quantitative estimate of drug-likeness (QED) is 0.944. The van der Waals surface area contributed by atoms with Crippen molar-refractivity contribution in [2.24, 2.45) is 0 Å². The van der Waals surface area contributed by atoms with E-state index in [1.807, 2.05) is 35.9 Å². The third kappa shape index (κ3) is 2.79. The molecule has 2 rings (SSSR count). The third-order valence-electron chi connectivity index (χ3n) is 2.70. The molecule has 5 heteroatoms. The van der Waals surface area contributed by atoms with E-state index in [4.69, 9.17) is 5.11 Å². The number of aryl methyl sites for hydroxylation is 2. The highest BCUT2D eigenvalue weighted by Gasteiger charge is 2.08. The van der Waals surface area contributed by atoms with Crippen molar-refractivity contribution < 1.29 is 9.90 Å². The van der Waals surface area contributed by atoms with E-state index in [1.54, 1.807) is 6.20 Å². The first-order chi connectivity index (χ1) is 8.58. The van der Waals surface area contributed by atoms with E-state index < -0.39 is 5.97 Å². The van der Waals surface area contributed by atoms with E-state index in [-0.39, 0.29) is 6.42 Å². The second-order valence-electron chi connectivity index (χ2n) is 4.04. The van der Waals surface area contributed by atoms with Crippen LogP contribution in [0.15, 0.2) is 35.1 Å². The second kappa shape index (κ2) is 5.35. The largest absolute Gasteiger partial charge is 0.481 e. The maximum atomic E-state index is 10.6. The molecule has 0 spiro atoms. The SMILES string of the molecule is Cc1cc(-n2ccnc2CCC(=O)O)ccc1Br. The summed E-state index contributed by atoms with van der Waals surface area (Å²) in [5.74, 6) is -0.0457. The molecule has 2 aromatic rings. The van der Waals surface area contributed by atoms with E-state index in [0.717, 1.165) is 21.5 Å². The zero-order chi connectivity index (χ0) is 13.1. The summed E-state index contributed by atoms with van der Waals surface area (Å²) in [5, 5.41) is 8.71. The number of aromatic nitrogens is 2. The molecule has 0 saturated carbocycles. The van der Waals surface area contributed by atoms with Gasteiger partial charge in [0.25, 0.3) is 0 Å². The smallest absolute Gasteiger partial charge is 0.303 e. The molecule has 1 N–H and O–H groups in total. The minimum absolute atomic E-state index is 0.0898. The van der Waals surface area contributed by atoms with Crippen molar-refractivity contribution in [2.45, 2.75) is 19.8 Å². The molecular weight excluding hydrogens is 296 g/mol. The summed E-state index contributed by atoms with van der Waals surface area (Å²) in [5.41, 5.74) is 2.12. The molecule has 0 unspecified atom stereocenters. The molecule has 0 aliphatic rings. The Bertz CT molecular complexity index is 578. The number of benzene rings is 1. The average molecular weight is 309 g/mol. The van der Waals surface area contributed by atoms with Gasteiger partial charge in [-0.15, -0.1) is 0 Å². The topological polar surface area (TPSA) is 55.1 Å². The molecule has 0 aliphatic carbocycles. The minimum atomic E-state index is -0.809. The number of nitrogens with zero attached hydrogens (tertiary/aromatic N) is 2. The number of carboxylic acid groups (broad SMARTS) is 1. The van der Waals surface area contributed by atoms with Crippen LogP contribution in [0.25, 0.3) is 5.69 Å². The van der Waals surface area contributed by atoms with Gasteiger partial charge in [0.2, 0.25) is 0 Å². The summed E-state index contributed by atoms with van der Waals surface area (Å²) in [7, 11) is 0. The van der Waals surface area contributed by atoms with Crippen molar-refractivity contribution in [1.82, 2.24) is 9.55 Å². The van der Waals surface area contributed by atoms with Gasteiger partial charge in [-0.05, 0) is 30.7 Å². The minimum Gasteiger partial charge on any atom is -0.481 e. The van der Waals surface area contributed by atoms with Crippen LogP contribution in [0.2, 0.25) is 0 Å². The molecule has 0 amide bonds. The normalized spacial score (nSPS) is 10.6. The van der Waals surface area contributed by atoms with E-state index in [2.05, 4.69) is 20.9 Å². The summed E-state index contributed by atoms with van der Waals surface area (Å²) in [6.07, 6.45) is 4.05. The summed E-state index contributed by atoms with van der Waals surface area (Å²) in [4.78, 5) is 14.8. The molecule has 0 radical (unpaired) electrons. The van der Waals surface area contributed by atoms with E-state index >= 15 is 0 Å². The fourth-order valence-electron chi connectivity index (χ4n) is 1.75. The van der Waals surface area contributed by atoms with Crippen LogP contribution < -0.4 is 0 Å². The lowest BCUT2D eigenvalue weighted by atomic mass is 10.2. The van der Waals surface area contributed by atoms with Crippen molar-refractivity contribution in [3.63, 3.8) is 0 Å². The van der Waals surface area contributed by atoms with Crippen LogP contribution >= 0.6 is 15.9 Å². The van der Waals surface area contributed by atoms with E-state index in [1.165, 1.54) is 0 Å². The van der Waals surface area contributed by atoms with Crippen LogP contribution in [0.1, 0.15) is 17.8 Å². The zero-order valence-electron chi connectivity index (χ0n) is 9.93. The highest BCUT2D eigenvalue weighted by Crippen LogP contribution is 2.20. The van der Waals surface area contributed by atoms with Crippen LogP contribution in [0, 0.1) is 6.92 Å². The Labute approximate surface area is 113 Å². The van der Waals surface area contributed by atoms with Gasteiger partial charge < -0.3 is 9.67 Å². The molecule has 18 heavy (non-hydrogen) atoms. The molecule has 0 fully saturated rings. The van der Waals surface area contributed by atoms with Crippen LogP contribution in [-0.2, 0) is 11.2 Å². The van der Waals surface area contributed by atoms with Crippen molar-refractivity contribution in [3.05, 3.63) is 46.5 Å².